The van der Waals surface area contributed by atoms with E-state index in [9.17, 15) is 10.1 Å². The Morgan fingerprint density at radius 2 is 2.00 bits per heavy atom. The molecule has 1 aromatic rings. The SMILES string of the molecule is CCC(Br)(c1ccccc1)[N+](=O)[O-]. The van der Waals surface area contributed by atoms with Crippen LogP contribution in [0.1, 0.15) is 18.9 Å². The third kappa shape index (κ3) is 1.88. The highest BCUT2D eigenvalue weighted by atomic mass is 79.9. The molecular weight excluding hydrogens is 234 g/mol. The molecule has 13 heavy (non-hydrogen) atoms. The maximum absolute atomic E-state index is 10.8. The molecule has 0 aliphatic heterocycles. The fraction of sp³-hybridized carbons (Fsp3) is 0.333. The Morgan fingerprint density at radius 3 is 2.38 bits per heavy atom. The van der Waals surface area contributed by atoms with Gasteiger partial charge in [-0.05, 0) is 0 Å². The first kappa shape index (κ1) is 10.2. The van der Waals surface area contributed by atoms with Crippen LogP contribution in [0.3, 0.4) is 0 Å². The zero-order chi connectivity index (χ0) is 9.90. The van der Waals surface area contributed by atoms with Gasteiger partial charge in [0.05, 0.1) is 0 Å². The highest BCUT2D eigenvalue weighted by molar-refractivity contribution is 9.09. The largest absolute Gasteiger partial charge is 0.299 e. The second kappa shape index (κ2) is 3.87. The summed E-state index contributed by atoms with van der Waals surface area (Å²) >= 11 is 3.16. The number of rotatable bonds is 3. The zero-order valence-electron chi connectivity index (χ0n) is 7.24. The molecule has 0 spiro atoms. The van der Waals surface area contributed by atoms with Crippen LogP contribution in [-0.4, -0.2) is 4.92 Å². The van der Waals surface area contributed by atoms with Gasteiger partial charge in [0.2, 0.25) is 0 Å². The van der Waals surface area contributed by atoms with Crippen molar-refractivity contribution in [3.63, 3.8) is 0 Å². The van der Waals surface area contributed by atoms with E-state index < -0.39 is 4.45 Å². The van der Waals surface area contributed by atoms with E-state index in [1.54, 1.807) is 31.2 Å². The van der Waals surface area contributed by atoms with Gasteiger partial charge >= 0.3 is 0 Å². The topological polar surface area (TPSA) is 43.1 Å². The van der Waals surface area contributed by atoms with Crippen molar-refractivity contribution in [2.75, 3.05) is 0 Å². The monoisotopic (exact) mass is 243 g/mol. The van der Waals surface area contributed by atoms with Crippen molar-refractivity contribution in [1.29, 1.82) is 0 Å². The molecule has 70 valence electrons. The van der Waals surface area contributed by atoms with E-state index in [0.717, 1.165) is 0 Å². The van der Waals surface area contributed by atoms with Crippen molar-refractivity contribution in [2.24, 2.45) is 0 Å². The molecule has 0 aliphatic carbocycles. The summed E-state index contributed by atoms with van der Waals surface area (Å²) in [7, 11) is 0. The van der Waals surface area contributed by atoms with Gasteiger partial charge in [0.25, 0.3) is 4.45 Å². The van der Waals surface area contributed by atoms with Crippen molar-refractivity contribution in [2.45, 2.75) is 17.8 Å². The van der Waals surface area contributed by atoms with Crippen molar-refractivity contribution in [1.82, 2.24) is 0 Å². The highest BCUT2D eigenvalue weighted by Crippen LogP contribution is 2.34. The minimum atomic E-state index is -1.13. The highest BCUT2D eigenvalue weighted by Gasteiger charge is 2.39. The fourth-order valence-corrected chi connectivity index (χ4v) is 1.40. The van der Waals surface area contributed by atoms with Gasteiger partial charge in [-0.3, -0.25) is 10.1 Å². The van der Waals surface area contributed by atoms with Gasteiger partial charge in [0, 0.05) is 32.8 Å². The van der Waals surface area contributed by atoms with Gasteiger partial charge < -0.3 is 0 Å². The summed E-state index contributed by atoms with van der Waals surface area (Å²) in [6.45, 7) is 1.78. The quantitative estimate of drug-likeness (QED) is 0.355. The molecule has 0 saturated carbocycles. The van der Waals surface area contributed by atoms with Crippen molar-refractivity contribution < 1.29 is 4.92 Å². The van der Waals surface area contributed by atoms with E-state index in [4.69, 9.17) is 0 Å². The summed E-state index contributed by atoms with van der Waals surface area (Å²) in [6, 6.07) is 8.93. The number of nitro groups is 1. The number of halogens is 1. The lowest BCUT2D eigenvalue weighted by Crippen LogP contribution is -2.27. The third-order valence-corrected chi connectivity index (χ3v) is 3.28. The smallest absolute Gasteiger partial charge is 0.263 e. The Labute approximate surface area is 85.0 Å². The summed E-state index contributed by atoms with van der Waals surface area (Å²) in [5.74, 6) is 0. The summed E-state index contributed by atoms with van der Waals surface area (Å²) in [5.41, 5.74) is 0.683. The average molecular weight is 244 g/mol. The van der Waals surface area contributed by atoms with Gasteiger partial charge in [-0.25, -0.2) is 0 Å². The van der Waals surface area contributed by atoms with E-state index in [0.29, 0.717) is 12.0 Å². The van der Waals surface area contributed by atoms with E-state index in [-0.39, 0.29) is 4.92 Å². The molecule has 0 saturated heterocycles. The molecule has 0 radical (unpaired) electrons. The molecule has 1 unspecified atom stereocenters. The molecule has 0 heterocycles. The molecule has 0 aromatic heterocycles. The number of nitrogens with zero attached hydrogens (tertiary/aromatic N) is 1. The van der Waals surface area contributed by atoms with Crippen LogP contribution in [0.5, 0.6) is 0 Å². The van der Waals surface area contributed by atoms with Gasteiger partial charge in [0.15, 0.2) is 0 Å². The third-order valence-electron chi connectivity index (χ3n) is 1.97. The number of hydrogen-bond donors (Lipinski definition) is 0. The molecule has 3 nitrogen and oxygen atoms in total. The summed E-state index contributed by atoms with van der Waals surface area (Å²) in [5, 5.41) is 10.8. The molecule has 0 amide bonds. The van der Waals surface area contributed by atoms with E-state index in [1.807, 2.05) is 6.07 Å². The van der Waals surface area contributed by atoms with Gasteiger partial charge in [-0.15, -0.1) is 0 Å². The Morgan fingerprint density at radius 1 is 1.46 bits per heavy atom. The molecule has 0 bridgehead atoms. The second-order valence-electron chi connectivity index (χ2n) is 2.74. The van der Waals surface area contributed by atoms with Gasteiger partial charge in [-0.2, -0.15) is 0 Å². The summed E-state index contributed by atoms with van der Waals surface area (Å²) < 4.78 is -1.13. The van der Waals surface area contributed by atoms with Crippen LogP contribution in [0.15, 0.2) is 30.3 Å². The fourth-order valence-electron chi connectivity index (χ4n) is 1.13. The maximum Gasteiger partial charge on any atom is 0.299 e. The second-order valence-corrected chi connectivity index (χ2v) is 4.05. The van der Waals surface area contributed by atoms with Gasteiger partial charge in [0.1, 0.15) is 0 Å². The first-order chi connectivity index (χ1) is 6.11. The van der Waals surface area contributed by atoms with Crippen LogP contribution < -0.4 is 0 Å². The predicted molar refractivity (Wildman–Crippen MR) is 54.3 cm³/mol. The summed E-state index contributed by atoms with van der Waals surface area (Å²) in [4.78, 5) is 10.5. The van der Waals surface area contributed by atoms with Gasteiger partial charge in [-0.1, -0.05) is 37.3 Å². The van der Waals surface area contributed by atoms with Crippen LogP contribution in [0.2, 0.25) is 0 Å². The first-order valence-corrected chi connectivity index (χ1v) is 4.79. The number of hydrogen-bond acceptors (Lipinski definition) is 2. The van der Waals surface area contributed by atoms with E-state index in [2.05, 4.69) is 15.9 Å². The molecule has 1 atom stereocenters. The van der Waals surface area contributed by atoms with Crippen molar-refractivity contribution in [3.05, 3.63) is 46.0 Å². The standard InChI is InChI=1S/C9H10BrNO2/c1-2-9(10,11(12)13)8-6-4-3-5-7-8/h3-7H,2H2,1H3. The minimum Gasteiger partial charge on any atom is -0.263 e. The predicted octanol–water partition coefficient (Wildman–Crippen LogP) is 2.92. The molecule has 0 N–H and O–H groups in total. The molecule has 0 fully saturated rings. The van der Waals surface area contributed by atoms with Crippen molar-refractivity contribution >= 4 is 15.9 Å². The van der Waals surface area contributed by atoms with Crippen LogP contribution >= 0.6 is 15.9 Å². The Hall–Kier alpha value is -0.900. The first-order valence-electron chi connectivity index (χ1n) is 4.00. The lowest BCUT2D eigenvalue weighted by molar-refractivity contribution is -0.543. The van der Waals surface area contributed by atoms with E-state index >= 15 is 0 Å². The Kier molecular flexibility index (Phi) is 3.03. The number of benzene rings is 1. The van der Waals surface area contributed by atoms with Crippen molar-refractivity contribution in [3.8, 4) is 0 Å². The van der Waals surface area contributed by atoms with Crippen LogP contribution in [0, 0.1) is 10.1 Å². The molecule has 1 aromatic carbocycles. The molecule has 0 aliphatic rings. The average Bonchev–Trinajstić information content (AvgIpc) is 2.17. The maximum atomic E-state index is 10.8. The Bertz CT molecular complexity index is 302. The normalized spacial score (nSPS) is 14.9. The van der Waals surface area contributed by atoms with Crippen LogP contribution in [-0.2, 0) is 4.45 Å². The van der Waals surface area contributed by atoms with E-state index in [1.165, 1.54) is 0 Å². The lowest BCUT2D eigenvalue weighted by atomic mass is 10.1. The van der Waals surface area contributed by atoms with Crippen LogP contribution in [0.25, 0.3) is 0 Å². The minimum absolute atomic E-state index is 0.303. The lowest BCUT2D eigenvalue weighted by Gasteiger charge is -2.16. The number of alkyl halides is 1. The molecular formula is C9H10BrNO2. The zero-order valence-corrected chi connectivity index (χ0v) is 8.82. The Balaban J connectivity index is 3.11. The summed E-state index contributed by atoms with van der Waals surface area (Å²) in [6.07, 6.45) is 0.421. The molecule has 4 heteroatoms. The van der Waals surface area contributed by atoms with Crippen LogP contribution in [0.4, 0.5) is 0 Å². The molecule has 1 rings (SSSR count).